The van der Waals surface area contributed by atoms with Crippen molar-refractivity contribution >= 4 is 24.1 Å². The van der Waals surface area contributed by atoms with Crippen LogP contribution >= 0.6 is 0 Å². The van der Waals surface area contributed by atoms with E-state index in [1.54, 1.807) is 0 Å². The fourth-order valence-corrected chi connectivity index (χ4v) is 1.96. The Balaban J connectivity index is 4.04. The van der Waals surface area contributed by atoms with E-state index in [2.05, 4.69) is 5.32 Å². The summed E-state index contributed by atoms with van der Waals surface area (Å²) < 4.78 is 9.97. The van der Waals surface area contributed by atoms with Crippen LogP contribution in [0.5, 0.6) is 0 Å². The fraction of sp³-hybridized carbons (Fsp3) is 0.778. The minimum Gasteiger partial charge on any atom is -0.466 e. The van der Waals surface area contributed by atoms with Crippen molar-refractivity contribution in [2.75, 3.05) is 13.2 Å². The van der Waals surface area contributed by atoms with E-state index in [4.69, 9.17) is 15.2 Å². The lowest BCUT2D eigenvalue weighted by Crippen LogP contribution is -2.38. The number of esters is 2. The van der Waals surface area contributed by atoms with Crippen LogP contribution in [0.2, 0.25) is 0 Å². The Kier molecular flexibility index (Phi) is 14.2. The molecule has 0 fully saturated rings. The van der Waals surface area contributed by atoms with Gasteiger partial charge in [0, 0.05) is 12.8 Å². The predicted molar refractivity (Wildman–Crippen MR) is 96.2 cm³/mol. The van der Waals surface area contributed by atoms with Crippen LogP contribution in [0.3, 0.4) is 0 Å². The van der Waals surface area contributed by atoms with Gasteiger partial charge in [0.2, 0.25) is 5.91 Å². The highest BCUT2D eigenvalue weighted by atomic mass is 16.5. The summed E-state index contributed by atoms with van der Waals surface area (Å²) in [6.45, 7) is 4.64. The second kappa shape index (κ2) is 15.3. The maximum Gasteiger partial charge on any atom is 0.322 e. The van der Waals surface area contributed by atoms with Gasteiger partial charge in [-0.05, 0) is 25.7 Å². The lowest BCUT2D eigenvalue weighted by atomic mass is 10.1. The number of unbranched alkanes of at least 4 members (excludes halogenated alkanes) is 2. The minimum atomic E-state index is -0.874. The highest BCUT2D eigenvalue weighted by molar-refractivity contribution is 5.81. The zero-order valence-electron chi connectivity index (χ0n) is 15.8. The maximum absolute atomic E-state index is 11.9. The van der Waals surface area contributed by atoms with E-state index in [1.165, 1.54) is 0 Å². The zero-order chi connectivity index (χ0) is 19.8. The van der Waals surface area contributed by atoms with Crippen molar-refractivity contribution in [2.45, 2.75) is 77.3 Å². The molecule has 0 bridgehead atoms. The van der Waals surface area contributed by atoms with Crippen LogP contribution in [-0.4, -0.2) is 49.4 Å². The lowest BCUT2D eigenvalue weighted by molar-refractivity contribution is -0.146. The molecule has 0 spiro atoms. The first-order valence-corrected chi connectivity index (χ1v) is 9.27. The molecule has 0 aromatic carbocycles. The van der Waals surface area contributed by atoms with E-state index in [9.17, 15) is 19.2 Å². The third-order valence-corrected chi connectivity index (χ3v) is 3.66. The van der Waals surface area contributed by atoms with E-state index in [0.29, 0.717) is 19.5 Å². The van der Waals surface area contributed by atoms with Crippen molar-refractivity contribution in [2.24, 2.45) is 5.73 Å². The second-order valence-electron chi connectivity index (χ2n) is 6.09. The molecule has 2 atom stereocenters. The molecule has 26 heavy (non-hydrogen) atoms. The van der Waals surface area contributed by atoms with Crippen molar-refractivity contribution in [1.82, 2.24) is 5.32 Å². The van der Waals surface area contributed by atoms with Crippen LogP contribution in [0.15, 0.2) is 0 Å². The first kappa shape index (κ1) is 24.0. The summed E-state index contributed by atoms with van der Waals surface area (Å²) in [6.07, 6.45) is 4.31. The average Bonchev–Trinajstić information content (AvgIpc) is 2.63. The molecule has 8 heteroatoms. The number of aldehydes is 1. The molecule has 0 saturated carbocycles. The second-order valence-corrected chi connectivity index (χ2v) is 6.09. The van der Waals surface area contributed by atoms with Crippen molar-refractivity contribution in [3.63, 3.8) is 0 Å². The van der Waals surface area contributed by atoms with Crippen LogP contribution < -0.4 is 11.1 Å². The first-order chi connectivity index (χ1) is 12.4. The molecule has 150 valence electrons. The molecular weight excluding hydrogens is 340 g/mol. The minimum absolute atomic E-state index is 0.00463. The van der Waals surface area contributed by atoms with Gasteiger partial charge >= 0.3 is 11.9 Å². The van der Waals surface area contributed by atoms with Gasteiger partial charge in [0.25, 0.3) is 0 Å². The standard InChI is InChI=1S/C18H32N2O6/c1-3-5-11-25-17(23)10-7-14(13-21)20-16(22)9-8-15(19)18(24)26-12-6-4-2/h13-15H,3-12,19H2,1-2H3,(H,20,22)/t14-,15+/m1/s1. The molecule has 0 aliphatic rings. The lowest BCUT2D eigenvalue weighted by Gasteiger charge is -2.14. The molecule has 0 unspecified atom stereocenters. The van der Waals surface area contributed by atoms with E-state index in [-0.39, 0.29) is 25.7 Å². The number of nitrogens with one attached hydrogen (secondary N) is 1. The maximum atomic E-state index is 11.9. The third-order valence-electron chi connectivity index (χ3n) is 3.66. The van der Waals surface area contributed by atoms with Gasteiger partial charge in [-0.3, -0.25) is 14.4 Å². The van der Waals surface area contributed by atoms with Gasteiger partial charge in [0.05, 0.1) is 19.3 Å². The molecule has 0 heterocycles. The molecule has 1 amide bonds. The van der Waals surface area contributed by atoms with Crippen molar-refractivity contribution < 1.29 is 28.7 Å². The average molecular weight is 372 g/mol. The predicted octanol–water partition coefficient (Wildman–Crippen LogP) is 1.24. The van der Waals surface area contributed by atoms with Gasteiger partial charge < -0.3 is 25.3 Å². The topological polar surface area (TPSA) is 125 Å². The summed E-state index contributed by atoms with van der Waals surface area (Å²) in [4.78, 5) is 46.0. The number of carbonyl (C=O) groups is 4. The monoisotopic (exact) mass is 372 g/mol. The van der Waals surface area contributed by atoms with Crippen LogP contribution in [0, 0.1) is 0 Å². The zero-order valence-corrected chi connectivity index (χ0v) is 15.8. The summed E-state index contributed by atoms with van der Waals surface area (Å²) in [5.41, 5.74) is 5.68. The highest BCUT2D eigenvalue weighted by Gasteiger charge is 2.18. The largest absolute Gasteiger partial charge is 0.466 e. The van der Waals surface area contributed by atoms with Crippen molar-refractivity contribution in [3.8, 4) is 0 Å². The number of carbonyl (C=O) groups excluding carboxylic acids is 4. The Bertz CT molecular complexity index is 441. The van der Waals surface area contributed by atoms with Gasteiger partial charge in [-0.1, -0.05) is 26.7 Å². The van der Waals surface area contributed by atoms with E-state index < -0.39 is 29.9 Å². The Hall–Kier alpha value is -1.96. The summed E-state index contributed by atoms with van der Waals surface area (Å²) >= 11 is 0. The number of rotatable bonds is 15. The van der Waals surface area contributed by atoms with Crippen LogP contribution in [0.4, 0.5) is 0 Å². The molecular formula is C18H32N2O6. The van der Waals surface area contributed by atoms with Gasteiger partial charge in [-0.2, -0.15) is 0 Å². The summed E-state index contributed by atoms with van der Waals surface area (Å²) in [5, 5.41) is 2.51. The molecule has 0 aliphatic carbocycles. The summed E-state index contributed by atoms with van der Waals surface area (Å²) in [5.74, 6) is -1.33. The number of nitrogens with two attached hydrogens (primary N) is 1. The van der Waals surface area contributed by atoms with Crippen LogP contribution in [0.25, 0.3) is 0 Å². The first-order valence-electron chi connectivity index (χ1n) is 9.27. The van der Waals surface area contributed by atoms with Gasteiger partial charge in [-0.15, -0.1) is 0 Å². The molecule has 8 nitrogen and oxygen atoms in total. The SMILES string of the molecule is CCCCOC(=O)CC[C@H](C=O)NC(=O)CC[C@H](N)C(=O)OCCCC. The number of amides is 1. The number of hydrogen-bond acceptors (Lipinski definition) is 7. The van der Waals surface area contributed by atoms with E-state index in [1.807, 2.05) is 13.8 Å². The molecule has 0 aromatic heterocycles. The fourth-order valence-electron chi connectivity index (χ4n) is 1.96. The molecule has 0 rings (SSSR count). The molecule has 0 aliphatic heterocycles. The molecule has 3 N–H and O–H groups in total. The quantitative estimate of drug-likeness (QED) is 0.252. The van der Waals surface area contributed by atoms with Crippen molar-refractivity contribution in [1.29, 1.82) is 0 Å². The molecule has 0 aromatic rings. The van der Waals surface area contributed by atoms with E-state index >= 15 is 0 Å². The van der Waals surface area contributed by atoms with Crippen LogP contribution in [-0.2, 0) is 28.7 Å². The van der Waals surface area contributed by atoms with Gasteiger partial charge in [0.15, 0.2) is 0 Å². The Morgan fingerprint density at radius 3 is 2.19 bits per heavy atom. The third kappa shape index (κ3) is 12.4. The van der Waals surface area contributed by atoms with Crippen LogP contribution in [0.1, 0.15) is 65.2 Å². The Morgan fingerprint density at radius 1 is 1.00 bits per heavy atom. The Morgan fingerprint density at radius 2 is 1.62 bits per heavy atom. The number of ether oxygens (including phenoxy) is 2. The van der Waals surface area contributed by atoms with E-state index in [0.717, 1.165) is 25.7 Å². The summed E-state index contributed by atoms with van der Waals surface area (Å²) in [7, 11) is 0. The van der Waals surface area contributed by atoms with Gasteiger partial charge in [0.1, 0.15) is 12.3 Å². The summed E-state index contributed by atoms with van der Waals surface area (Å²) in [6, 6.07) is -1.64. The molecule has 0 saturated heterocycles. The smallest absolute Gasteiger partial charge is 0.322 e. The van der Waals surface area contributed by atoms with Gasteiger partial charge in [-0.25, -0.2) is 0 Å². The molecule has 0 radical (unpaired) electrons. The van der Waals surface area contributed by atoms with Crippen molar-refractivity contribution in [3.05, 3.63) is 0 Å². The normalized spacial score (nSPS) is 12.7. The number of hydrogen-bond donors (Lipinski definition) is 2. The highest BCUT2D eigenvalue weighted by Crippen LogP contribution is 2.02. The Labute approximate surface area is 155 Å².